The standard InChI is InChI=1S/C16H14ClNO4/c1-10(22-12-6-4-5-11(17)9-12)15(19)18-14-8-3-2-7-13(14)16(20)21/h2-10H,1H3,(H,18,19)(H,20,21)/p-1/t10-/m1/s1. The van der Waals surface area contributed by atoms with Gasteiger partial charge < -0.3 is 20.0 Å². The summed E-state index contributed by atoms with van der Waals surface area (Å²) in [5.74, 6) is -1.39. The molecule has 2 rings (SSSR count). The van der Waals surface area contributed by atoms with E-state index in [1.54, 1.807) is 43.3 Å². The van der Waals surface area contributed by atoms with Crippen LogP contribution in [0.5, 0.6) is 5.75 Å². The van der Waals surface area contributed by atoms with Gasteiger partial charge in [0.15, 0.2) is 6.10 Å². The third-order valence-corrected chi connectivity index (χ3v) is 3.12. The summed E-state index contributed by atoms with van der Waals surface area (Å²) in [6.07, 6.45) is -0.826. The molecule has 0 saturated heterocycles. The lowest BCUT2D eigenvalue weighted by Crippen LogP contribution is -2.32. The number of para-hydroxylation sites is 1. The highest BCUT2D eigenvalue weighted by Gasteiger charge is 2.16. The van der Waals surface area contributed by atoms with Gasteiger partial charge in [-0.3, -0.25) is 4.79 Å². The number of carboxylic acid groups (broad SMARTS) is 1. The second-order valence-electron chi connectivity index (χ2n) is 4.54. The average molecular weight is 319 g/mol. The van der Waals surface area contributed by atoms with E-state index >= 15 is 0 Å². The number of hydrogen-bond acceptors (Lipinski definition) is 4. The van der Waals surface area contributed by atoms with E-state index in [0.29, 0.717) is 10.8 Å². The van der Waals surface area contributed by atoms with Gasteiger partial charge in [0.2, 0.25) is 0 Å². The molecule has 1 atom stereocenters. The van der Waals surface area contributed by atoms with Crippen LogP contribution in [0.2, 0.25) is 5.02 Å². The molecule has 114 valence electrons. The average Bonchev–Trinajstić information content (AvgIpc) is 2.47. The molecule has 0 spiro atoms. The van der Waals surface area contributed by atoms with Crippen LogP contribution >= 0.6 is 11.6 Å². The molecule has 6 heteroatoms. The fourth-order valence-electron chi connectivity index (χ4n) is 1.80. The van der Waals surface area contributed by atoms with E-state index in [-0.39, 0.29) is 11.3 Å². The second-order valence-corrected chi connectivity index (χ2v) is 4.98. The predicted octanol–water partition coefficient (Wildman–Crippen LogP) is 2.11. The Morgan fingerprint density at radius 1 is 1.18 bits per heavy atom. The topological polar surface area (TPSA) is 78.5 Å². The fraction of sp³-hybridized carbons (Fsp3) is 0.125. The van der Waals surface area contributed by atoms with Crippen LogP contribution in [0, 0.1) is 0 Å². The van der Waals surface area contributed by atoms with Crippen molar-refractivity contribution >= 4 is 29.2 Å². The Morgan fingerprint density at radius 3 is 2.59 bits per heavy atom. The van der Waals surface area contributed by atoms with Crippen LogP contribution in [0.4, 0.5) is 5.69 Å². The number of carbonyl (C=O) groups is 2. The Kier molecular flexibility index (Phi) is 5.01. The molecule has 0 unspecified atom stereocenters. The van der Waals surface area contributed by atoms with Crippen molar-refractivity contribution in [1.29, 1.82) is 0 Å². The molecule has 2 aromatic rings. The van der Waals surface area contributed by atoms with Gasteiger partial charge in [-0.2, -0.15) is 0 Å². The van der Waals surface area contributed by atoms with Crippen molar-refractivity contribution in [1.82, 2.24) is 0 Å². The van der Waals surface area contributed by atoms with E-state index in [9.17, 15) is 14.7 Å². The molecule has 1 N–H and O–H groups in total. The Hall–Kier alpha value is -2.53. The predicted molar refractivity (Wildman–Crippen MR) is 80.9 cm³/mol. The molecular formula is C16H13ClNO4-. The van der Waals surface area contributed by atoms with Gasteiger partial charge in [-0.1, -0.05) is 35.9 Å². The highest BCUT2D eigenvalue weighted by molar-refractivity contribution is 6.30. The summed E-state index contributed by atoms with van der Waals surface area (Å²) in [7, 11) is 0. The zero-order valence-electron chi connectivity index (χ0n) is 11.7. The van der Waals surface area contributed by atoms with Crippen molar-refractivity contribution in [2.45, 2.75) is 13.0 Å². The number of rotatable bonds is 5. The van der Waals surface area contributed by atoms with E-state index in [2.05, 4.69) is 5.32 Å². The number of nitrogens with one attached hydrogen (secondary N) is 1. The fourth-order valence-corrected chi connectivity index (χ4v) is 1.98. The number of carbonyl (C=O) groups excluding carboxylic acids is 2. The summed E-state index contributed by atoms with van der Waals surface area (Å²) in [6, 6.07) is 12.6. The van der Waals surface area contributed by atoms with Gasteiger partial charge in [0.1, 0.15) is 5.75 Å². The van der Waals surface area contributed by atoms with E-state index in [1.165, 1.54) is 12.1 Å². The van der Waals surface area contributed by atoms with Crippen LogP contribution in [-0.4, -0.2) is 18.0 Å². The van der Waals surface area contributed by atoms with Gasteiger partial charge in [0.05, 0.1) is 5.97 Å². The van der Waals surface area contributed by atoms with Crippen LogP contribution in [0.15, 0.2) is 48.5 Å². The number of carboxylic acids is 1. The molecule has 0 aromatic heterocycles. The second kappa shape index (κ2) is 6.95. The molecule has 0 aliphatic rings. The number of anilines is 1. The van der Waals surface area contributed by atoms with Crippen molar-refractivity contribution in [2.75, 3.05) is 5.32 Å². The number of hydrogen-bond donors (Lipinski definition) is 1. The molecule has 0 fully saturated rings. The smallest absolute Gasteiger partial charge is 0.265 e. The number of benzene rings is 2. The third-order valence-electron chi connectivity index (χ3n) is 2.88. The van der Waals surface area contributed by atoms with Crippen molar-refractivity contribution in [3.05, 3.63) is 59.1 Å². The Labute approximate surface area is 132 Å². The maximum atomic E-state index is 12.1. The highest BCUT2D eigenvalue weighted by Crippen LogP contribution is 2.19. The Morgan fingerprint density at radius 2 is 1.91 bits per heavy atom. The minimum absolute atomic E-state index is 0.0918. The van der Waals surface area contributed by atoms with Gasteiger partial charge in [0, 0.05) is 16.3 Å². The molecule has 0 aliphatic carbocycles. The monoisotopic (exact) mass is 318 g/mol. The van der Waals surface area contributed by atoms with E-state index in [4.69, 9.17) is 16.3 Å². The molecule has 0 radical (unpaired) electrons. The van der Waals surface area contributed by atoms with Crippen LogP contribution in [0.25, 0.3) is 0 Å². The quantitative estimate of drug-likeness (QED) is 0.915. The first-order valence-corrected chi connectivity index (χ1v) is 6.88. The highest BCUT2D eigenvalue weighted by atomic mass is 35.5. The first kappa shape index (κ1) is 15.9. The number of ether oxygens (including phenoxy) is 1. The molecule has 2 aromatic carbocycles. The van der Waals surface area contributed by atoms with Crippen molar-refractivity contribution in [2.24, 2.45) is 0 Å². The molecule has 5 nitrogen and oxygen atoms in total. The number of amides is 1. The molecule has 0 bridgehead atoms. The first-order chi connectivity index (χ1) is 10.5. The minimum atomic E-state index is -1.36. The first-order valence-electron chi connectivity index (χ1n) is 6.51. The zero-order chi connectivity index (χ0) is 16.1. The molecule has 0 saturated carbocycles. The zero-order valence-corrected chi connectivity index (χ0v) is 12.5. The van der Waals surface area contributed by atoms with Gasteiger partial charge in [-0.15, -0.1) is 0 Å². The molecule has 1 amide bonds. The normalized spacial score (nSPS) is 11.5. The maximum Gasteiger partial charge on any atom is 0.265 e. The Balaban J connectivity index is 2.07. The SMILES string of the molecule is C[C@@H](Oc1cccc(Cl)c1)C(=O)Nc1ccccc1C(=O)[O-]. The Bertz CT molecular complexity index is 702. The summed E-state index contributed by atoms with van der Waals surface area (Å²) in [6.45, 7) is 1.55. The van der Waals surface area contributed by atoms with E-state index in [1.807, 2.05) is 0 Å². The van der Waals surface area contributed by atoms with Crippen molar-refractivity contribution < 1.29 is 19.4 Å². The van der Waals surface area contributed by atoms with Gasteiger partial charge in [-0.05, 0) is 31.2 Å². The van der Waals surface area contributed by atoms with Crippen LogP contribution in [0.3, 0.4) is 0 Å². The molecule has 0 aliphatic heterocycles. The molecule has 22 heavy (non-hydrogen) atoms. The van der Waals surface area contributed by atoms with Crippen LogP contribution in [0.1, 0.15) is 17.3 Å². The summed E-state index contributed by atoms with van der Waals surface area (Å²) in [5, 5.41) is 14.0. The molecular weight excluding hydrogens is 306 g/mol. The molecule has 0 heterocycles. The lowest BCUT2D eigenvalue weighted by atomic mass is 10.1. The van der Waals surface area contributed by atoms with Crippen molar-refractivity contribution in [3.8, 4) is 5.75 Å². The lowest BCUT2D eigenvalue weighted by molar-refractivity contribution is -0.254. The van der Waals surface area contributed by atoms with Crippen molar-refractivity contribution in [3.63, 3.8) is 0 Å². The summed E-state index contributed by atoms with van der Waals surface area (Å²) in [5.41, 5.74) is 0.0693. The van der Waals surface area contributed by atoms with Gasteiger partial charge in [0.25, 0.3) is 5.91 Å². The minimum Gasteiger partial charge on any atom is -0.545 e. The van der Waals surface area contributed by atoms with Crippen LogP contribution in [-0.2, 0) is 4.79 Å². The maximum absolute atomic E-state index is 12.1. The van der Waals surface area contributed by atoms with E-state index in [0.717, 1.165) is 0 Å². The summed E-state index contributed by atoms with van der Waals surface area (Å²) < 4.78 is 5.47. The number of halogens is 1. The van der Waals surface area contributed by atoms with E-state index < -0.39 is 18.0 Å². The summed E-state index contributed by atoms with van der Waals surface area (Å²) in [4.78, 5) is 23.1. The summed E-state index contributed by atoms with van der Waals surface area (Å²) >= 11 is 5.84. The largest absolute Gasteiger partial charge is 0.545 e. The third kappa shape index (κ3) is 3.99. The number of aromatic carboxylic acids is 1. The van der Waals surface area contributed by atoms with Crippen LogP contribution < -0.4 is 15.2 Å². The lowest BCUT2D eigenvalue weighted by Gasteiger charge is -2.17. The van der Waals surface area contributed by atoms with Gasteiger partial charge >= 0.3 is 0 Å². The van der Waals surface area contributed by atoms with Gasteiger partial charge in [-0.25, -0.2) is 0 Å².